The summed E-state index contributed by atoms with van der Waals surface area (Å²) in [6.07, 6.45) is 0. The first kappa shape index (κ1) is 16.5. The molecule has 116 valence electrons. The fraction of sp³-hybridized carbons (Fsp3) is 0.294. The number of rotatable bonds is 5. The van der Waals surface area contributed by atoms with Crippen LogP contribution in [0.4, 0.5) is 4.39 Å². The van der Waals surface area contributed by atoms with E-state index < -0.39 is 5.25 Å². The number of hydrogen-bond donors (Lipinski definition) is 1. The molecule has 0 fully saturated rings. The number of carbonyl (C=O) groups excluding carboxylic acids is 2. The van der Waals surface area contributed by atoms with Gasteiger partial charge in [0.1, 0.15) is 5.82 Å². The van der Waals surface area contributed by atoms with Gasteiger partial charge in [0, 0.05) is 16.2 Å². The van der Waals surface area contributed by atoms with Gasteiger partial charge in [0.05, 0.1) is 10.9 Å². The Morgan fingerprint density at radius 3 is 2.41 bits per heavy atom. The summed E-state index contributed by atoms with van der Waals surface area (Å²) in [5.41, 5.74) is 2.35. The Morgan fingerprint density at radius 2 is 1.86 bits per heavy atom. The molecule has 1 aromatic heterocycles. The summed E-state index contributed by atoms with van der Waals surface area (Å²) in [5, 5.41) is -0.451. The molecule has 22 heavy (non-hydrogen) atoms. The van der Waals surface area contributed by atoms with Crippen molar-refractivity contribution in [2.24, 2.45) is 0 Å². The van der Waals surface area contributed by atoms with Gasteiger partial charge in [-0.1, -0.05) is 12.1 Å². The monoisotopic (exact) mass is 319 g/mol. The normalized spacial score (nSPS) is 12.2. The minimum Gasteiger partial charge on any atom is -0.355 e. The summed E-state index contributed by atoms with van der Waals surface area (Å²) in [6.45, 7) is 6.75. The number of benzene rings is 1. The van der Waals surface area contributed by atoms with Crippen LogP contribution in [-0.2, 0) is 0 Å². The number of aryl methyl sites for hydroxylation is 1. The van der Waals surface area contributed by atoms with Crippen molar-refractivity contribution in [3.8, 4) is 0 Å². The van der Waals surface area contributed by atoms with E-state index in [9.17, 15) is 14.0 Å². The molecule has 0 amide bonds. The highest BCUT2D eigenvalue weighted by atomic mass is 32.2. The number of nitrogens with one attached hydrogen (secondary N) is 1. The number of Topliss-reactive ketones (excluding diaryl/α,β-unsaturated/α-hetero) is 2. The minimum absolute atomic E-state index is 0.0697. The molecule has 1 heterocycles. The molecule has 0 saturated carbocycles. The molecule has 0 unspecified atom stereocenters. The molecule has 0 spiro atoms. The van der Waals surface area contributed by atoms with Crippen molar-refractivity contribution in [3.63, 3.8) is 0 Å². The van der Waals surface area contributed by atoms with Crippen LogP contribution in [0.3, 0.4) is 0 Å². The van der Waals surface area contributed by atoms with Crippen LogP contribution >= 0.6 is 11.8 Å². The molecule has 0 aliphatic carbocycles. The zero-order valence-corrected chi connectivity index (χ0v) is 13.8. The van der Waals surface area contributed by atoms with Crippen LogP contribution < -0.4 is 0 Å². The molecule has 5 heteroatoms. The minimum atomic E-state index is -0.451. The van der Waals surface area contributed by atoms with Crippen molar-refractivity contribution in [1.29, 1.82) is 0 Å². The van der Waals surface area contributed by atoms with E-state index in [1.807, 2.05) is 0 Å². The molecule has 0 saturated heterocycles. The van der Waals surface area contributed by atoms with Crippen molar-refractivity contribution in [1.82, 2.24) is 4.98 Å². The third-order valence-electron chi connectivity index (χ3n) is 3.55. The average Bonchev–Trinajstić information content (AvgIpc) is 2.75. The van der Waals surface area contributed by atoms with Crippen LogP contribution in [0.15, 0.2) is 29.2 Å². The highest BCUT2D eigenvalue weighted by Crippen LogP contribution is 2.29. The maximum Gasteiger partial charge on any atom is 0.192 e. The van der Waals surface area contributed by atoms with Crippen molar-refractivity contribution in [3.05, 3.63) is 52.6 Å². The summed E-state index contributed by atoms with van der Waals surface area (Å²) in [4.78, 5) is 27.7. The number of H-pyrrole nitrogens is 1. The Morgan fingerprint density at radius 1 is 1.23 bits per heavy atom. The van der Waals surface area contributed by atoms with Gasteiger partial charge >= 0.3 is 0 Å². The van der Waals surface area contributed by atoms with E-state index in [2.05, 4.69) is 4.98 Å². The molecule has 0 radical (unpaired) electrons. The second kappa shape index (κ2) is 6.48. The number of ketones is 2. The topological polar surface area (TPSA) is 49.9 Å². The van der Waals surface area contributed by atoms with E-state index >= 15 is 0 Å². The summed E-state index contributed by atoms with van der Waals surface area (Å²) >= 11 is 1.18. The lowest BCUT2D eigenvalue weighted by atomic mass is 10.0. The van der Waals surface area contributed by atoms with Gasteiger partial charge in [-0.2, -0.15) is 0 Å². The van der Waals surface area contributed by atoms with Gasteiger partial charge in [0.25, 0.3) is 0 Å². The summed E-state index contributed by atoms with van der Waals surface area (Å²) in [5.74, 6) is -0.544. The number of hydrogen-bond acceptors (Lipinski definition) is 3. The zero-order chi connectivity index (χ0) is 16.4. The molecular weight excluding hydrogens is 301 g/mol. The van der Waals surface area contributed by atoms with Crippen molar-refractivity contribution < 1.29 is 14.0 Å². The first-order valence-electron chi connectivity index (χ1n) is 6.98. The number of thioether (sulfide) groups is 1. The van der Waals surface area contributed by atoms with Crippen molar-refractivity contribution >= 4 is 23.3 Å². The van der Waals surface area contributed by atoms with Gasteiger partial charge in [-0.15, -0.1) is 11.8 Å². The maximum absolute atomic E-state index is 13.7. The Hall–Kier alpha value is -1.88. The molecule has 0 aliphatic heterocycles. The van der Waals surface area contributed by atoms with Crippen LogP contribution in [0.25, 0.3) is 0 Å². The highest BCUT2D eigenvalue weighted by molar-refractivity contribution is 8.00. The van der Waals surface area contributed by atoms with Crippen LogP contribution in [0.1, 0.15) is 46.0 Å². The van der Waals surface area contributed by atoms with E-state index in [1.54, 1.807) is 39.0 Å². The van der Waals surface area contributed by atoms with Gasteiger partial charge in [0.15, 0.2) is 11.6 Å². The second-order valence-electron chi connectivity index (χ2n) is 5.24. The van der Waals surface area contributed by atoms with Gasteiger partial charge in [-0.05, 0) is 45.4 Å². The van der Waals surface area contributed by atoms with E-state index in [0.717, 1.165) is 0 Å². The summed E-state index contributed by atoms with van der Waals surface area (Å²) in [7, 11) is 0. The van der Waals surface area contributed by atoms with Gasteiger partial charge in [-0.3, -0.25) is 9.59 Å². The lowest BCUT2D eigenvalue weighted by molar-refractivity contribution is 0.0988. The third kappa shape index (κ3) is 3.14. The molecule has 0 bridgehead atoms. The smallest absolute Gasteiger partial charge is 0.192 e. The average molecular weight is 319 g/mol. The Bertz CT molecular complexity index is 736. The van der Waals surface area contributed by atoms with Crippen LogP contribution in [0.5, 0.6) is 0 Å². The van der Waals surface area contributed by atoms with Crippen molar-refractivity contribution in [2.75, 3.05) is 0 Å². The van der Waals surface area contributed by atoms with Crippen LogP contribution in [-0.4, -0.2) is 21.8 Å². The molecular formula is C17H18FNO2S. The number of halogens is 1. The lowest BCUT2D eigenvalue weighted by Gasteiger charge is -2.10. The molecule has 1 N–H and O–H groups in total. The van der Waals surface area contributed by atoms with Crippen LogP contribution in [0.2, 0.25) is 0 Å². The summed E-state index contributed by atoms with van der Waals surface area (Å²) < 4.78 is 13.7. The van der Waals surface area contributed by atoms with Gasteiger partial charge in [-0.25, -0.2) is 4.39 Å². The standard InChI is InChI=1S/C17H18FNO2S/c1-9-15(11(3)20)10(2)19-16(9)17(21)12(4)22-14-8-6-5-7-13(14)18/h5-8,12,19H,1-4H3/t12-/m1/s1. The van der Waals surface area contributed by atoms with E-state index in [4.69, 9.17) is 0 Å². The predicted octanol–water partition coefficient (Wildman–Crippen LogP) is 4.34. The fourth-order valence-electron chi connectivity index (χ4n) is 2.51. The fourth-order valence-corrected chi connectivity index (χ4v) is 3.46. The van der Waals surface area contributed by atoms with Gasteiger partial charge in [0.2, 0.25) is 0 Å². The predicted molar refractivity (Wildman–Crippen MR) is 86.3 cm³/mol. The molecule has 0 aliphatic rings. The highest BCUT2D eigenvalue weighted by Gasteiger charge is 2.24. The Balaban J connectivity index is 2.27. The third-order valence-corrected chi connectivity index (χ3v) is 4.70. The van der Waals surface area contributed by atoms with Crippen LogP contribution in [0, 0.1) is 19.7 Å². The molecule has 1 aromatic carbocycles. The van der Waals surface area contributed by atoms with E-state index in [0.29, 0.717) is 27.4 Å². The molecule has 2 aromatic rings. The number of aromatic nitrogens is 1. The first-order chi connectivity index (χ1) is 10.3. The maximum atomic E-state index is 13.7. The van der Waals surface area contributed by atoms with E-state index in [-0.39, 0.29) is 17.4 Å². The SMILES string of the molecule is CC(=O)c1c(C)[nH]c(C(=O)[C@@H](C)Sc2ccccc2F)c1C. The zero-order valence-electron chi connectivity index (χ0n) is 13.0. The lowest BCUT2D eigenvalue weighted by Crippen LogP contribution is -2.15. The number of aromatic amines is 1. The van der Waals surface area contributed by atoms with Gasteiger partial charge < -0.3 is 4.98 Å². The Labute approximate surface area is 133 Å². The Kier molecular flexibility index (Phi) is 4.86. The molecule has 1 atom stereocenters. The molecule has 3 nitrogen and oxygen atoms in total. The first-order valence-corrected chi connectivity index (χ1v) is 7.86. The molecule has 2 rings (SSSR count). The second-order valence-corrected chi connectivity index (χ2v) is 6.62. The largest absolute Gasteiger partial charge is 0.355 e. The van der Waals surface area contributed by atoms with Crippen molar-refractivity contribution in [2.45, 2.75) is 37.8 Å². The summed E-state index contributed by atoms with van der Waals surface area (Å²) in [6, 6.07) is 6.37. The number of carbonyl (C=O) groups is 2. The van der Waals surface area contributed by atoms with E-state index in [1.165, 1.54) is 24.8 Å². The quantitative estimate of drug-likeness (QED) is 0.659.